The lowest BCUT2D eigenvalue weighted by Gasteiger charge is -2.13. The Morgan fingerprint density at radius 3 is 2.89 bits per heavy atom. The van der Waals surface area contributed by atoms with Gasteiger partial charge in [0.05, 0.1) is 0 Å². The minimum atomic E-state index is -0.101. The third kappa shape index (κ3) is 4.08. The van der Waals surface area contributed by atoms with Crippen LogP contribution in [-0.2, 0) is 6.42 Å². The summed E-state index contributed by atoms with van der Waals surface area (Å²) in [6.45, 7) is 2.00. The fraction of sp³-hybridized carbons (Fsp3) is 0.214. The van der Waals surface area contributed by atoms with E-state index in [1.165, 1.54) is 5.56 Å². The molecule has 5 heteroatoms. The topological polar surface area (TPSA) is 55.1 Å². The molecule has 1 heterocycles. The molecule has 0 fully saturated rings. The number of nitrogens with two attached hydrogens (primary N) is 1. The maximum Gasteiger partial charge on any atom is 0.251 e. The minimum Gasteiger partial charge on any atom is -0.399 e. The SMILES string of the molecule is CC(Cc1ccsc1)NC(=O)c1cc(N)cc(Br)c1. The number of carbonyl (C=O) groups is 1. The van der Waals surface area contributed by atoms with Crippen LogP contribution in [-0.4, -0.2) is 11.9 Å². The molecule has 1 amide bonds. The van der Waals surface area contributed by atoms with Gasteiger partial charge in [-0.05, 0) is 53.9 Å². The smallest absolute Gasteiger partial charge is 0.251 e. The van der Waals surface area contributed by atoms with Gasteiger partial charge in [0.25, 0.3) is 5.91 Å². The fourth-order valence-corrected chi connectivity index (χ4v) is 3.06. The summed E-state index contributed by atoms with van der Waals surface area (Å²) in [5.74, 6) is -0.101. The first-order valence-electron chi connectivity index (χ1n) is 5.92. The van der Waals surface area contributed by atoms with E-state index in [0.29, 0.717) is 11.3 Å². The van der Waals surface area contributed by atoms with E-state index in [9.17, 15) is 4.79 Å². The van der Waals surface area contributed by atoms with Crippen LogP contribution in [0.3, 0.4) is 0 Å². The zero-order valence-corrected chi connectivity index (χ0v) is 12.9. The molecule has 1 unspecified atom stereocenters. The van der Waals surface area contributed by atoms with Crippen molar-refractivity contribution in [3.8, 4) is 0 Å². The first-order chi connectivity index (χ1) is 9.04. The molecule has 0 saturated heterocycles. The highest BCUT2D eigenvalue weighted by Crippen LogP contribution is 2.17. The lowest BCUT2D eigenvalue weighted by Crippen LogP contribution is -2.34. The van der Waals surface area contributed by atoms with Crippen LogP contribution in [0.4, 0.5) is 5.69 Å². The Bertz CT molecular complexity index is 549. The summed E-state index contributed by atoms with van der Waals surface area (Å²) in [5, 5.41) is 7.12. The van der Waals surface area contributed by atoms with Crippen LogP contribution >= 0.6 is 27.3 Å². The molecule has 0 saturated carbocycles. The Kier molecular flexibility index (Phi) is 4.61. The maximum absolute atomic E-state index is 12.1. The molecule has 3 nitrogen and oxygen atoms in total. The highest BCUT2D eigenvalue weighted by atomic mass is 79.9. The fourth-order valence-electron chi connectivity index (χ4n) is 1.86. The van der Waals surface area contributed by atoms with Crippen molar-refractivity contribution in [1.29, 1.82) is 0 Å². The molecule has 100 valence electrons. The van der Waals surface area contributed by atoms with E-state index in [1.807, 2.05) is 12.3 Å². The number of hydrogen-bond acceptors (Lipinski definition) is 3. The van der Waals surface area contributed by atoms with E-state index in [4.69, 9.17) is 5.73 Å². The number of amides is 1. The van der Waals surface area contributed by atoms with E-state index in [-0.39, 0.29) is 11.9 Å². The van der Waals surface area contributed by atoms with Crippen LogP contribution in [0.25, 0.3) is 0 Å². The number of nitrogens with one attached hydrogen (secondary N) is 1. The number of thiophene rings is 1. The van der Waals surface area contributed by atoms with Gasteiger partial charge in [0.15, 0.2) is 0 Å². The lowest BCUT2D eigenvalue weighted by molar-refractivity contribution is 0.0940. The predicted octanol–water partition coefficient (Wildman–Crippen LogP) is 3.45. The molecule has 0 spiro atoms. The van der Waals surface area contributed by atoms with Gasteiger partial charge in [-0.25, -0.2) is 0 Å². The number of anilines is 1. The second-order valence-corrected chi connectivity index (χ2v) is 6.18. The molecule has 0 radical (unpaired) electrons. The summed E-state index contributed by atoms with van der Waals surface area (Å²) in [6.07, 6.45) is 0.832. The molecule has 2 rings (SSSR count). The summed E-state index contributed by atoms with van der Waals surface area (Å²) >= 11 is 5.00. The minimum absolute atomic E-state index is 0.0855. The summed E-state index contributed by atoms with van der Waals surface area (Å²) in [5.41, 5.74) is 8.12. The average Bonchev–Trinajstić information content (AvgIpc) is 2.80. The van der Waals surface area contributed by atoms with Crippen molar-refractivity contribution in [2.45, 2.75) is 19.4 Å². The molecule has 0 aliphatic rings. The van der Waals surface area contributed by atoms with Crippen LogP contribution in [0.15, 0.2) is 39.5 Å². The van der Waals surface area contributed by atoms with Crippen molar-refractivity contribution >= 4 is 38.9 Å². The number of nitrogen functional groups attached to an aromatic ring is 1. The van der Waals surface area contributed by atoms with Gasteiger partial charge in [0.2, 0.25) is 0 Å². The van der Waals surface area contributed by atoms with Crippen molar-refractivity contribution in [1.82, 2.24) is 5.32 Å². The summed E-state index contributed by atoms with van der Waals surface area (Å²) in [4.78, 5) is 12.1. The largest absolute Gasteiger partial charge is 0.399 e. The zero-order chi connectivity index (χ0) is 13.8. The third-order valence-corrected chi connectivity index (χ3v) is 3.87. The second-order valence-electron chi connectivity index (χ2n) is 4.48. The maximum atomic E-state index is 12.1. The van der Waals surface area contributed by atoms with Gasteiger partial charge in [-0.3, -0.25) is 4.79 Å². The number of halogens is 1. The van der Waals surface area contributed by atoms with E-state index in [1.54, 1.807) is 29.5 Å². The Labute approximate surface area is 125 Å². The quantitative estimate of drug-likeness (QED) is 0.839. The van der Waals surface area contributed by atoms with Crippen LogP contribution in [0.5, 0.6) is 0 Å². The van der Waals surface area contributed by atoms with Gasteiger partial charge in [-0.2, -0.15) is 11.3 Å². The van der Waals surface area contributed by atoms with E-state index in [2.05, 4.69) is 32.7 Å². The Morgan fingerprint density at radius 2 is 2.26 bits per heavy atom. The lowest BCUT2D eigenvalue weighted by atomic mass is 10.1. The average molecular weight is 339 g/mol. The van der Waals surface area contributed by atoms with Crippen LogP contribution in [0, 0.1) is 0 Å². The molecular formula is C14H15BrN2OS. The molecule has 1 aromatic heterocycles. The van der Waals surface area contributed by atoms with Crippen LogP contribution in [0.2, 0.25) is 0 Å². The van der Waals surface area contributed by atoms with Gasteiger partial charge in [-0.15, -0.1) is 0 Å². The zero-order valence-electron chi connectivity index (χ0n) is 10.5. The van der Waals surface area contributed by atoms with Crippen molar-refractivity contribution in [3.05, 3.63) is 50.6 Å². The monoisotopic (exact) mass is 338 g/mol. The third-order valence-electron chi connectivity index (χ3n) is 2.68. The molecule has 19 heavy (non-hydrogen) atoms. The van der Waals surface area contributed by atoms with Gasteiger partial charge in [-0.1, -0.05) is 15.9 Å². The second kappa shape index (κ2) is 6.21. The van der Waals surface area contributed by atoms with Crippen molar-refractivity contribution in [2.75, 3.05) is 5.73 Å². The van der Waals surface area contributed by atoms with Crippen molar-refractivity contribution in [3.63, 3.8) is 0 Å². The van der Waals surface area contributed by atoms with Gasteiger partial charge in [0.1, 0.15) is 0 Å². The van der Waals surface area contributed by atoms with Crippen LogP contribution in [0.1, 0.15) is 22.8 Å². The molecule has 0 bridgehead atoms. The Morgan fingerprint density at radius 1 is 1.47 bits per heavy atom. The Hall–Kier alpha value is -1.33. The number of benzene rings is 1. The highest BCUT2D eigenvalue weighted by Gasteiger charge is 2.11. The summed E-state index contributed by atoms with van der Waals surface area (Å²) < 4.78 is 0.808. The highest BCUT2D eigenvalue weighted by molar-refractivity contribution is 9.10. The van der Waals surface area contributed by atoms with Gasteiger partial charge >= 0.3 is 0 Å². The summed E-state index contributed by atoms with van der Waals surface area (Å²) in [7, 11) is 0. The number of rotatable bonds is 4. The normalized spacial score (nSPS) is 12.1. The molecular weight excluding hydrogens is 324 g/mol. The molecule has 0 aliphatic heterocycles. The summed E-state index contributed by atoms with van der Waals surface area (Å²) in [6, 6.07) is 7.37. The molecule has 0 aliphatic carbocycles. The first kappa shape index (κ1) is 14.1. The molecule has 1 aromatic carbocycles. The van der Waals surface area contributed by atoms with E-state index < -0.39 is 0 Å². The van der Waals surface area contributed by atoms with Gasteiger partial charge < -0.3 is 11.1 Å². The molecule has 2 aromatic rings. The molecule has 3 N–H and O–H groups in total. The Balaban J connectivity index is 2.00. The van der Waals surface area contributed by atoms with E-state index >= 15 is 0 Å². The first-order valence-corrected chi connectivity index (χ1v) is 7.66. The number of carbonyl (C=O) groups excluding carboxylic acids is 1. The van der Waals surface area contributed by atoms with Crippen molar-refractivity contribution < 1.29 is 4.79 Å². The number of hydrogen-bond donors (Lipinski definition) is 2. The van der Waals surface area contributed by atoms with Crippen LogP contribution < -0.4 is 11.1 Å². The van der Waals surface area contributed by atoms with Gasteiger partial charge in [0, 0.05) is 21.8 Å². The predicted molar refractivity (Wildman–Crippen MR) is 83.5 cm³/mol. The van der Waals surface area contributed by atoms with E-state index in [0.717, 1.165) is 10.9 Å². The standard InChI is InChI=1S/C14H15BrN2OS/c1-9(4-10-2-3-19-8-10)17-14(18)11-5-12(15)7-13(16)6-11/h2-3,5-9H,4,16H2,1H3,(H,17,18). The van der Waals surface area contributed by atoms with Crippen molar-refractivity contribution in [2.24, 2.45) is 0 Å². The molecule has 1 atom stereocenters.